The number of hydrogen-bond donors (Lipinski definition) is 2. The van der Waals surface area contributed by atoms with Crippen molar-refractivity contribution in [1.29, 1.82) is 0 Å². The second-order valence-electron chi connectivity index (χ2n) is 7.02. The third-order valence-electron chi connectivity index (χ3n) is 5.33. The first-order valence-corrected chi connectivity index (χ1v) is 10.6. The summed E-state index contributed by atoms with van der Waals surface area (Å²) in [7, 11) is -2.39. The summed E-state index contributed by atoms with van der Waals surface area (Å²) >= 11 is 0. The molecule has 2 amide bonds. The summed E-state index contributed by atoms with van der Waals surface area (Å²) in [6.45, 7) is 0.143. The average molecular weight is 399 g/mol. The first-order valence-electron chi connectivity index (χ1n) is 9.13. The van der Waals surface area contributed by atoms with Crippen LogP contribution in [0.5, 0.6) is 0 Å². The third kappa shape index (κ3) is 3.18. The van der Waals surface area contributed by atoms with Crippen molar-refractivity contribution in [3.8, 4) is 0 Å². The molecule has 0 aromatic heterocycles. The van der Waals surface area contributed by atoms with Crippen LogP contribution in [0.25, 0.3) is 0 Å². The van der Waals surface area contributed by atoms with E-state index in [2.05, 4.69) is 10.6 Å². The first-order chi connectivity index (χ1) is 13.4. The van der Waals surface area contributed by atoms with E-state index >= 15 is 0 Å². The molecule has 2 N–H and O–H groups in total. The van der Waals surface area contributed by atoms with Gasteiger partial charge in [-0.15, -0.1) is 0 Å². The number of sulfonamides is 1. The summed E-state index contributed by atoms with van der Waals surface area (Å²) in [4.78, 5) is 24.1. The Kier molecular flexibility index (Phi) is 4.68. The van der Waals surface area contributed by atoms with Gasteiger partial charge in [-0.2, -0.15) is 4.31 Å². The van der Waals surface area contributed by atoms with Gasteiger partial charge in [0.1, 0.15) is 6.04 Å². The zero-order valence-corrected chi connectivity index (χ0v) is 16.3. The number of aryl methyl sites for hydroxylation is 1. The maximum absolute atomic E-state index is 13.4. The van der Waals surface area contributed by atoms with Gasteiger partial charge in [0.2, 0.25) is 21.8 Å². The summed E-state index contributed by atoms with van der Waals surface area (Å²) < 4.78 is 28.1. The van der Waals surface area contributed by atoms with Gasteiger partial charge in [-0.25, -0.2) is 8.42 Å². The van der Waals surface area contributed by atoms with Crippen molar-refractivity contribution >= 4 is 27.5 Å². The van der Waals surface area contributed by atoms with E-state index in [0.29, 0.717) is 24.9 Å². The lowest BCUT2D eigenvalue weighted by Gasteiger charge is -2.35. The minimum Gasteiger partial charge on any atom is -0.358 e. The molecule has 0 fully saturated rings. The monoisotopic (exact) mass is 399 g/mol. The minimum absolute atomic E-state index is 0.0737. The van der Waals surface area contributed by atoms with Gasteiger partial charge in [0.05, 0.1) is 4.90 Å². The quantitative estimate of drug-likeness (QED) is 0.816. The number of anilines is 1. The highest BCUT2D eigenvalue weighted by molar-refractivity contribution is 7.89. The van der Waals surface area contributed by atoms with Crippen LogP contribution in [-0.2, 0) is 39.0 Å². The Morgan fingerprint density at radius 2 is 1.86 bits per heavy atom. The fourth-order valence-corrected chi connectivity index (χ4v) is 5.41. The number of likely N-dealkylation sites (N-methyl/N-ethyl adjacent to an activating group) is 1. The number of nitrogens with zero attached hydrogens (tertiary/aromatic N) is 1. The highest BCUT2D eigenvalue weighted by atomic mass is 32.2. The Balaban J connectivity index is 1.75. The Bertz CT molecular complexity index is 1060. The molecule has 0 aliphatic carbocycles. The molecule has 0 bridgehead atoms. The van der Waals surface area contributed by atoms with E-state index in [4.69, 9.17) is 0 Å². The SMILES string of the molecule is CNC(=O)C1Cc2ccccc2CN1S(=O)(=O)c1ccc2c(c1)CCC(=O)N2. The van der Waals surface area contributed by atoms with Crippen LogP contribution in [0.15, 0.2) is 47.4 Å². The number of nitrogens with one attached hydrogen (secondary N) is 2. The molecule has 0 radical (unpaired) electrons. The van der Waals surface area contributed by atoms with Crippen molar-refractivity contribution in [2.75, 3.05) is 12.4 Å². The molecular weight excluding hydrogens is 378 g/mol. The van der Waals surface area contributed by atoms with Crippen molar-refractivity contribution in [3.63, 3.8) is 0 Å². The van der Waals surface area contributed by atoms with Crippen LogP contribution in [0, 0.1) is 0 Å². The van der Waals surface area contributed by atoms with Gasteiger partial charge in [-0.3, -0.25) is 9.59 Å². The molecule has 2 heterocycles. The molecule has 7 nitrogen and oxygen atoms in total. The van der Waals surface area contributed by atoms with Crippen LogP contribution in [0.4, 0.5) is 5.69 Å². The van der Waals surface area contributed by atoms with Gasteiger partial charge in [-0.05, 0) is 47.7 Å². The normalized spacial score (nSPS) is 19.3. The van der Waals surface area contributed by atoms with E-state index in [1.807, 2.05) is 24.3 Å². The zero-order chi connectivity index (χ0) is 19.9. The molecule has 1 atom stereocenters. The second kappa shape index (κ2) is 7.03. The summed E-state index contributed by atoms with van der Waals surface area (Å²) in [5.74, 6) is -0.404. The smallest absolute Gasteiger partial charge is 0.244 e. The van der Waals surface area contributed by atoms with Crippen LogP contribution in [0.1, 0.15) is 23.1 Å². The maximum Gasteiger partial charge on any atom is 0.244 e. The van der Waals surface area contributed by atoms with E-state index in [1.54, 1.807) is 12.1 Å². The van der Waals surface area contributed by atoms with Gasteiger partial charge in [0.25, 0.3) is 0 Å². The van der Waals surface area contributed by atoms with Gasteiger partial charge >= 0.3 is 0 Å². The summed E-state index contributed by atoms with van der Waals surface area (Å²) in [6, 6.07) is 11.5. The summed E-state index contributed by atoms with van der Waals surface area (Å²) in [6.07, 6.45) is 1.15. The fourth-order valence-electron chi connectivity index (χ4n) is 3.80. The van der Waals surface area contributed by atoms with Crippen molar-refractivity contribution in [2.24, 2.45) is 0 Å². The first kappa shape index (κ1) is 18.6. The Labute approximate surface area is 163 Å². The number of benzene rings is 2. The molecule has 2 aliphatic heterocycles. The van der Waals surface area contributed by atoms with E-state index in [9.17, 15) is 18.0 Å². The number of hydrogen-bond acceptors (Lipinski definition) is 4. The third-order valence-corrected chi connectivity index (χ3v) is 7.18. The van der Waals surface area contributed by atoms with Crippen molar-refractivity contribution in [2.45, 2.75) is 36.7 Å². The van der Waals surface area contributed by atoms with E-state index < -0.39 is 16.1 Å². The standard InChI is InChI=1S/C20H21N3O4S/c1-21-20(25)18-11-13-4-2-3-5-15(13)12-23(18)28(26,27)16-7-8-17-14(10-16)6-9-19(24)22-17/h2-5,7-8,10,18H,6,9,11-12H2,1H3,(H,21,25)(H,22,24). The van der Waals surface area contributed by atoms with E-state index in [1.165, 1.54) is 17.4 Å². The molecule has 2 aromatic carbocycles. The molecule has 0 saturated heterocycles. The average Bonchev–Trinajstić information content (AvgIpc) is 2.71. The van der Waals surface area contributed by atoms with Crippen molar-refractivity contribution in [1.82, 2.24) is 9.62 Å². The Hall–Kier alpha value is -2.71. The number of carbonyl (C=O) groups excluding carboxylic acids is 2. The lowest BCUT2D eigenvalue weighted by molar-refractivity contribution is -0.124. The molecule has 8 heteroatoms. The topological polar surface area (TPSA) is 95.6 Å². The van der Waals surface area contributed by atoms with Gasteiger partial charge in [0.15, 0.2) is 0 Å². The van der Waals surface area contributed by atoms with Crippen LogP contribution in [-0.4, -0.2) is 37.6 Å². The predicted octanol–water partition coefficient (Wildman–Crippen LogP) is 1.43. The molecule has 2 aliphatic rings. The highest BCUT2D eigenvalue weighted by Crippen LogP contribution is 2.32. The zero-order valence-electron chi connectivity index (χ0n) is 15.4. The molecule has 28 heavy (non-hydrogen) atoms. The lowest BCUT2D eigenvalue weighted by atomic mass is 9.95. The van der Waals surface area contributed by atoms with Crippen LogP contribution < -0.4 is 10.6 Å². The molecule has 4 rings (SSSR count). The van der Waals surface area contributed by atoms with Crippen LogP contribution in [0.3, 0.4) is 0 Å². The van der Waals surface area contributed by atoms with Crippen LogP contribution >= 0.6 is 0 Å². The Morgan fingerprint density at radius 1 is 1.11 bits per heavy atom. The fraction of sp³-hybridized carbons (Fsp3) is 0.300. The minimum atomic E-state index is -3.90. The number of rotatable bonds is 3. The summed E-state index contributed by atoms with van der Waals surface area (Å²) in [5, 5.41) is 5.34. The molecule has 0 spiro atoms. The number of carbonyl (C=O) groups is 2. The number of fused-ring (bicyclic) bond motifs is 2. The molecule has 2 aromatic rings. The van der Waals surface area contributed by atoms with Crippen molar-refractivity contribution in [3.05, 3.63) is 59.2 Å². The molecule has 1 unspecified atom stereocenters. The highest BCUT2D eigenvalue weighted by Gasteiger charge is 2.39. The molecule has 0 saturated carbocycles. The largest absolute Gasteiger partial charge is 0.358 e. The lowest BCUT2D eigenvalue weighted by Crippen LogP contribution is -2.51. The van der Waals surface area contributed by atoms with E-state index in [0.717, 1.165) is 16.7 Å². The molecule has 146 valence electrons. The van der Waals surface area contributed by atoms with Crippen LogP contribution in [0.2, 0.25) is 0 Å². The van der Waals surface area contributed by atoms with Gasteiger partial charge in [-0.1, -0.05) is 24.3 Å². The van der Waals surface area contributed by atoms with E-state index in [-0.39, 0.29) is 23.3 Å². The molecular formula is C20H21N3O4S. The maximum atomic E-state index is 13.4. The predicted molar refractivity (Wildman–Crippen MR) is 104 cm³/mol. The second-order valence-corrected chi connectivity index (χ2v) is 8.91. The van der Waals surface area contributed by atoms with Gasteiger partial charge in [0, 0.05) is 25.7 Å². The van der Waals surface area contributed by atoms with Gasteiger partial charge < -0.3 is 10.6 Å². The van der Waals surface area contributed by atoms with Crippen molar-refractivity contribution < 1.29 is 18.0 Å². The Morgan fingerprint density at radius 3 is 2.61 bits per heavy atom. The number of amides is 2. The summed E-state index contributed by atoms with van der Waals surface area (Å²) in [5.41, 5.74) is 3.31.